The number of anilines is 1. The summed E-state index contributed by atoms with van der Waals surface area (Å²) in [6.07, 6.45) is 5.29. The summed E-state index contributed by atoms with van der Waals surface area (Å²) in [5, 5.41) is 0.256. The van der Waals surface area contributed by atoms with Gasteiger partial charge in [0.05, 0.1) is 15.6 Å². The van der Waals surface area contributed by atoms with Gasteiger partial charge in [-0.25, -0.2) is 13.1 Å². The average Bonchev–Trinajstić information content (AvgIpc) is 2.31. The number of hydrogen-bond donors (Lipinski definition) is 2. The molecule has 1 fully saturated rings. The number of thioether (sulfide) groups is 1. The van der Waals surface area contributed by atoms with Crippen LogP contribution in [-0.4, -0.2) is 26.0 Å². The summed E-state index contributed by atoms with van der Waals surface area (Å²) in [7, 11) is -3.52. The fraction of sp³-hybridized carbons (Fsp3) is 0.500. The van der Waals surface area contributed by atoms with Crippen LogP contribution in [0.15, 0.2) is 23.1 Å². The monoisotopic (exact) mass is 320 g/mol. The number of nitrogens with two attached hydrogens (primary N) is 1. The Balaban J connectivity index is 2.11. The van der Waals surface area contributed by atoms with E-state index in [-0.39, 0.29) is 14.7 Å². The van der Waals surface area contributed by atoms with Crippen molar-refractivity contribution in [3.63, 3.8) is 0 Å². The second kappa shape index (κ2) is 5.52. The summed E-state index contributed by atoms with van der Waals surface area (Å²) >= 11 is 7.58. The van der Waals surface area contributed by atoms with E-state index in [1.54, 1.807) is 11.8 Å². The molecule has 0 saturated heterocycles. The molecule has 106 valence electrons. The maximum Gasteiger partial charge on any atom is 0.240 e. The van der Waals surface area contributed by atoms with Gasteiger partial charge >= 0.3 is 0 Å². The lowest BCUT2D eigenvalue weighted by molar-refractivity contribution is 0.362. The molecule has 0 bridgehead atoms. The Bertz CT molecular complexity index is 566. The summed E-state index contributed by atoms with van der Waals surface area (Å²) < 4.78 is 27.1. The van der Waals surface area contributed by atoms with E-state index in [0.717, 1.165) is 19.3 Å². The van der Waals surface area contributed by atoms with Crippen LogP contribution < -0.4 is 10.5 Å². The third-order valence-electron chi connectivity index (χ3n) is 3.56. The van der Waals surface area contributed by atoms with Gasteiger partial charge in [0, 0.05) is 11.3 Å². The zero-order valence-corrected chi connectivity index (χ0v) is 13.0. The van der Waals surface area contributed by atoms with Crippen LogP contribution in [0.25, 0.3) is 0 Å². The Morgan fingerprint density at radius 1 is 1.47 bits per heavy atom. The van der Waals surface area contributed by atoms with Crippen molar-refractivity contribution in [1.82, 2.24) is 4.72 Å². The number of nitrogens with one attached hydrogen (secondary N) is 1. The van der Waals surface area contributed by atoms with Gasteiger partial charge in [-0.3, -0.25) is 0 Å². The molecule has 0 aromatic heterocycles. The maximum absolute atomic E-state index is 12.2. The van der Waals surface area contributed by atoms with Gasteiger partial charge in [0.2, 0.25) is 10.0 Å². The first kappa shape index (κ1) is 15.0. The van der Waals surface area contributed by atoms with Crippen molar-refractivity contribution in [2.24, 2.45) is 0 Å². The molecule has 0 spiro atoms. The molecule has 1 saturated carbocycles. The van der Waals surface area contributed by atoms with Crippen molar-refractivity contribution in [1.29, 1.82) is 0 Å². The van der Waals surface area contributed by atoms with Gasteiger partial charge in [-0.1, -0.05) is 18.0 Å². The van der Waals surface area contributed by atoms with Crippen molar-refractivity contribution < 1.29 is 8.42 Å². The molecule has 0 atom stereocenters. The van der Waals surface area contributed by atoms with Crippen LogP contribution in [0.3, 0.4) is 0 Å². The highest BCUT2D eigenvalue weighted by Crippen LogP contribution is 2.42. The second-order valence-corrected chi connectivity index (χ2v) is 8.20. The third-order valence-corrected chi connectivity index (χ3v) is 6.71. The highest BCUT2D eigenvalue weighted by Gasteiger charge is 2.37. The molecule has 1 aromatic rings. The fourth-order valence-electron chi connectivity index (χ4n) is 2.01. The third kappa shape index (κ3) is 3.18. The Hall–Kier alpha value is -0.430. The fourth-order valence-corrected chi connectivity index (χ4v) is 4.41. The van der Waals surface area contributed by atoms with E-state index in [0.29, 0.717) is 12.2 Å². The largest absolute Gasteiger partial charge is 0.398 e. The number of hydrogen-bond acceptors (Lipinski definition) is 4. The Morgan fingerprint density at radius 2 is 2.16 bits per heavy atom. The topological polar surface area (TPSA) is 72.2 Å². The Kier molecular flexibility index (Phi) is 4.35. The van der Waals surface area contributed by atoms with Crippen molar-refractivity contribution in [2.75, 3.05) is 18.5 Å². The molecule has 19 heavy (non-hydrogen) atoms. The minimum Gasteiger partial charge on any atom is -0.398 e. The predicted molar refractivity (Wildman–Crippen MR) is 81.1 cm³/mol. The van der Waals surface area contributed by atoms with Gasteiger partial charge in [0.1, 0.15) is 0 Å². The van der Waals surface area contributed by atoms with Gasteiger partial charge in [-0.2, -0.15) is 11.8 Å². The summed E-state index contributed by atoms with van der Waals surface area (Å²) in [6, 6.07) is 4.35. The average molecular weight is 321 g/mol. The van der Waals surface area contributed by atoms with Crippen molar-refractivity contribution >= 4 is 39.1 Å². The molecule has 1 aromatic carbocycles. The zero-order chi connectivity index (χ0) is 14.1. The first-order valence-electron chi connectivity index (χ1n) is 5.98. The maximum atomic E-state index is 12.2. The zero-order valence-electron chi connectivity index (χ0n) is 10.6. The Morgan fingerprint density at radius 3 is 2.63 bits per heavy atom. The van der Waals surface area contributed by atoms with E-state index < -0.39 is 10.0 Å². The summed E-state index contributed by atoms with van der Waals surface area (Å²) in [4.78, 5) is 0.155. The lowest BCUT2D eigenvalue weighted by Crippen LogP contribution is -2.45. The molecule has 1 aliphatic carbocycles. The first-order valence-corrected chi connectivity index (χ1v) is 9.07. The van der Waals surface area contributed by atoms with Crippen LogP contribution >= 0.6 is 23.4 Å². The highest BCUT2D eigenvalue weighted by atomic mass is 35.5. The lowest BCUT2D eigenvalue weighted by Gasteiger charge is -2.40. The van der Waals surface area contributed by atoms with Crippen LogP contribution in [0.5, 0.6) is 0 Å². The smallest absolute Gasteiger partial charge is 0.240 e. The van der Waals surface area contributed by atoms with E-state index in [1.165, 1.54) is 18.2 Å². The molecular formula is C12H17ClN2O2S2. The number of nitrogen functional groups attached to an aromatic ring is 1. The molecule has 4 nitrogen and oxygen atoms in total. The molecule has 0 amide bonds. The van der Waals surface area contributed by atoms with E-state index in [4.69, 9.17) is 17.3 Å². The molecule has 0 heterocycles. The van der Waals surface area contributed by atoms with E-state index in [2.05, 4.69) is 4.72 Å². The van der Waals surface area contributed by atoms with Crippen LogP contribution in [-0.2, 0) is 10.0 Å². The quantitative estimate of drug-likeness (QED) is 0.818. The van der Waals surface area contributed by atoms with Gasteiger partial charge in [-0.15, -0.1) is 0 Å². The molecular weight excluding hydrogens is 304 g/mol. The summed E-state index contributed by atoms with van der Waals surface area (Å²) in [5.41, 5.74) is 5.95. The van der Waals surface area contributed by atoms with E-state index in [1.807, 2.05) is 6.26 Å². The van der Waals surface area contributed by atoms with Crippen LogP contribution in [0.2, 0.25) is 5.02 Å². The Labute approximate surface area is 123 Å². The first-order chi connectivity index (χ1) is 8.88. The standard InChI is InChI=1S/C12H17ClN2O2S2/c1-18-12(5-2-6-12)8-15-19(16,17)9-3-4-11(14)10(13)7-9/h3-4,7,15H,2,5-6,8,14H2,1H3. The number of benzene rings is 1. The molecule has 3 N–H and O–H groups in total. The minimum absolute atomic E-state index is 0.0602. The molecule has 0 aliphatic heterocycles. The van der Waals surface area contributed by atoms with E-state index >= 15 is 0 Å². The summed E-state index contributed by atoms with van der Waals surface area (Å²) in [5.74, 6) is 0. The van der Waals surface area contributed by atoms with Gasteiger partial charge < -0.3 is 5.73 Å². The SMILES string of the molecule is CSC1(CNS(=O)(=O)c2ccc(N)c(Cl)c2)CCC1. The normalized spacial score (nSPS) is 18.0. The van der Waals surface area contributed by atoms with Crippen LogP contribution in [0.4, 0.5) is 5.69 Å². The summed E-state index contributed by atoms with van der Waals surface area (Å²) in [6.45, 7) is 0.457. The second-order valence-electron chi connectivity index (χ2n) is 4.75. The van der Waals surface area contributed by atoms with Crippen molar-refractivity contribution in [2.45, 2.75) is 28.9 Å². The molecule has 0 radical (unpaired) electrons. The van der Waals surface area contributed by atoms with Crippen molar-refractivity contribution in [3.05, 3.63) is 23.2 Å². The number of halogens is 1. The molecule has 2 rings (SSSR count). The van der Waals surface area contributed by atoms with Crippen LogP contribution in [0, 0.1) is 0 Å². The molecule has 1 aliphatic rings. The van der Waals surface area contributed by atoms with Crippen LogP contribution in [0.1, 0.15) is 19.3 Å². The lowest BCUT2D eigenvalue weighted by atomic mass is 9.84. The minimum atomic E-state index is -3.52. The molecule has 0 unspecified atom stereocenters. The van der Waals surface area contributed by atoms with E-state index in [9.17, 15) is 8.42 Å². The predicted octanol–water partition coefficient (Wildman–Crippen LogP) is 2.49. The number of rotatable bonds is 5. The molecule has 7 heteroatoms. The van der Waals surface area contributed by atoms with Crippen molar-refractivity contribution in [3.8, 4) is 0 Å². The van der Waals surface area contributed by atoms with Gasteiger partial charge in [-0.05, 0) is 37.3 Å². The highest BCUT2D eigenvalue weighted by molar-refractivity contribution is 8.00. The number of sulfonamides is 1. The van der Waals surface area contributed by atoms with Gasteiger partial charge in [0.25, 0.3) is 0 Å². The van der Waals surface area contributed by atoms with Gasteiger partial charge in [0.15, 0.2) is 0 Å².